The summed E-state index contributed by atoms with van der Waals surface area (Å²) < 4.78 is 11.7. The molecule has 0 saturated heterocycles. The largest absolute Gasteiger partial charge is 0.461 e. The van der Waals surface area contributed by atoms with Crippen LogP contribution in [0.25, 0.3) is 11.0 Å². The first-order valence-electron chi connectivity index (χ1n) is 7.58. The molecule has 2 N–H and O–H groups in total. The number of nitrogens with two attached hydrogens (primary N) is 1. The minimum absolute atomic E-state index is 0. The maximum Gasteiger partial charge on any atom is 0.356 e. The minimum Gasteiger partial charge on any atom is -0.461 e. The highest BCUT2D eigenvalue weighted by Gasteiger charge is 2.20. The number of ether oxygens (including phenoxy) is 2. The lowest BCUT2D eigenvalue weighted by atomic mass is 10.3. The maximum absolute atomic E-state index is 12.1. The molecule has 0 spiro atoms. The van der Waals surface area contributed by atoms with Gasteiger partial charge in [0.15, 0.2) is 5.69 Å². The zero-order chi connectivity index (χ0) is 17.0. The number of fused-ring (bicyclic) bond motifs is 1. The third-order valence-corrected chi connectivity index (χ3v) is 3.18. The second-order valence-corrected chi connectivity index (χ2v) is 5.17. The van der Waals surface area contributed by atoms with Crippen molar-refractivity contribution in [2.24, 2.45) is 5.73 Å². The Kier molecular flexibility index (Phi) is 7.18. The second kappa shape index (κ2) is 8.65. The van der Waals surface area contributed by atoms with Gasteiger partial charge in [-0.05, 0) is 39.0 Å². The van der Waals surface area contributed by atoms with E-state index >= 15 is 0 Å². The van der Waals surface area contributed by atoms with Crippen molar-refractivity contribution in [2.75, 3.05) is 13.2 Å². The van der Waals surface area contributed by atoms with Gasteiger partial charge in [0.2, 0.25) is 0 Å². The van der Waals surface area contributed by atoms with Crippen LogP contribution in [-0.2, 0) is 16.0 Å². The molecular weight excluding hydrogens is 334 g/mol. The molecule has 8 heteroatoms. The molecule has 1 atom stereocenters. The third kappa shape index (κ3) is 4.24. The van der Waals surface area contributed by atoms with E-state index in [4.69, 9.17) is 15.2 Å². The monoisotopic (exact) mass is 355 g/mol. The quantitative estimate of drug-likeness (QED) is 0.797. The highest BCUT2D eigenvalue weighted by Crippen LogP contribution is 2.20. The molecular formula is C16H22ClN3O4. The van der Waals surface area contributed by atoms with Crippen molar-refractivity contribution >= 4 is 35.4 Å². The van der Waals surface area contributed by atoms with Gasteiger partial charge >= 0.3 is 11.9 Å². The number of esters is 2. The van der Waals surface area contributed by atoms with Crippen molar-refractivity contribution in [1.29, 1.82) is 0 Å². The summed E-state index contributed by atoms with van der Waals surface area (Å²) in [4.78, 5) is 28.3. The van der Waals surface area contributed by atoms with Crippen LogP contribution in [0.15, 0.2) is 18.2 Å². The predicted molar refractivity (Wildman–Crippen MR) is 92.5 cm³/mol. The van der Waals surface area contributed by atoms with E-state index in [1.807, 2.05) is 6.92 Å². The van der Waals surface area contributed by atoms with E-state index in [-0.39, 0.29) is 37.4 Å². The van der Waals surface area contributed by atoms with Crippen LogP contribution >= 0.6 is 12.4 Å². The summed E-state index contributed by atoms with van der Waals surface area (Å²) >= 11 is 0. The highest BCUT2D eigenvalue weighted by molar-refractivity contribution is 5.96. The summed E-state index contributed by atoms with van der Waals surface area (Å²) in [5.41, 5.74) is 6.94. The van der Waals surface area contributed by atoms with Crippen molar-refractivity contribution < 1.29 is 19.1 Å². The van der Waals surface area contributed by atoms with E-state index < -0.39 is 11.9 Å². The topological polar surface area (TPSA) is 96.4 Å². The lowest BCUT2D eigenvalue weighted by Gasteiger charge is -2.12. The second-order valence-electron chi connectivity index (χ2n) is 5.17. The molecule has 2 heterocycles. The summed E-state index contributed by atoms with van der Waals surface area (Å²) in [6, 6.07) is 4.81. The fraction of sp³-hybridized carbons (Fsp3) is 0.438. The Bertz CT molecular complexity index is 727. The Labute approximate surface area is 146 Å². The molecule has 0 aliphatic heterocycles. The van der Waals surface area contributed by atoms with E-state index in [0.29, 0.717) is 17.9 Å². The van der Waals surface area contributed by atoms with Crippen LogP contribution < -0.4 is 5.73 Å². The van der Waals surface area contributed by atoms with Crippen LogP contribution in [0.3, 0.4) is 0 Å². The molecule has 0 unspecified atom stereocenters. The molecule has 0 aromatic carbocycles. The summed E-state index contributed by atoms with van der Waals surface area (Å²) in [5, 5.41) is 0.738. The van der Waals surface area contributed by atoms with Crippen LogP contribution in [0.5, 0.6) is 0 Å². The van der Waals surface area contributed by atoms with Crippen molar-refractivity contribution in [3.05, 3.63) is 29.6 Å². The van der Waals surface area contributed by atoms with Crippen molar-refractivity contribution in [1.82, 2.24) is 9.55 Å². The van der Waals surface area contributed by atoms with Gasteiger partial charge in [-0.1, -0.05) is 0 Å². The Morgan fingerprint density at radius 2 is 1.83 bits per heavy atom. The van der Waals surface area contributed by atoms with E-state index in [9.17, 15) is 9.59 Å². The van der Waals surface area contributed by atoms with Gasteiger partial charge in [-0.2, -0.15) is 0 Å². The number of rotatable bonds is 6. The number of carbonyl (C=O) groups is 2. The number of aromatic nitrogens is 2. The Morgan fingerprint density at radius 3 is 2.42 bits per heavy atom. The van der Waals surface area contributed by atoms with Gasteiger partial charge in [0.1, 0.15) is 11.3 Å². The minimum atomic E-state index is -0.499. The summed E-state index contributed by atoms with van der Waals surface area (Å²) in [5.74, 6) is -0.940. The number of nitrogens with zero attached hydrogens (tertiary/aromatic N) is 2. The lowest BCUT2D eigenvalue weighted by molar-refractivity contribution is 0.0508. The fourth-order valence-electron chi connectivity index (χ4n) is 2.29. The van der Waals surface area contributed by atoms with Crippen molar-refractivity contribution in [3.8, 4) is 0 Å². The molecule has 0 amide bonds. The Balaban J connectivity index is 0.00000288. The molecule has 0 aliphatic carbocycles. The number of hydrogen-bond acceptors (Lipinski definition) is 6. The van der Waals surface area contributed by atoms with E-state index in [2.05, 4.69) is 4.98 Å². The molecule has 2 rings (SSSR count). The molecule has 0 saturated carbocycles. The predicted octanol–water partition coefficient (Wildman–Crippen LogP) is 2.16. The normalized spacial score (nSPS) is 11.7. The van der Waals surface area contributed by atoms with Gasteiger partial charge in [0.05, 0.1) is 13.2 Å². The lowest BCUT2D eigenvalue weighted by Crippen LogP contribution is -2.25. The smallest absolute Gasteiger partial charge is 0.356 e. The first kappa shape index (κ1) is 19.9. The van der Waals surface area contributed by atoms with Crippen molar-refractivity contribution in [2.45, 2.75) is 33.4 Å². The van der Waals surface area contributed by atoms with Gasteiger partial charge in [-0.3, -0.25) is 0 Å². The van der Waals surface area contributed by atoms with Gasteiger partial charge in [-0.25, -0.2) is 14.6 Å². The third-order valence-electron chi connectivity index (χ3n) is 3.18. The first-order valence-corrected chi connectivity index (χ1v) is 7.58. The van der Waals surface area contributed by atoms with Crippen LogP contribution in [0, 0.1) is 0 Å². The molecule has 2 aromatic rings. The van der Waals surface area contributed by atoms with Gasteiger partial charge < -0.3 is 19.8 Å². The van der Waals surface area contributed by atoms with Crippen LogP contribution in [0.1, 0.15) is 41.7 Å². The first-order chi connectivity index (χ1) is 11.0. The molecule has 0 bridgehead atoms. The average molecular weight is 356 g/mol. The molecule has 24 heavy (non-hydrogen) atoms. The molecule has 0 aliphatic rings. The summed E-state index contributed by atoms with van der Waals surface area (Å²) in [6.45, 7) is 6.24. The molecule has 7 nitrogen and oxygen atoms in total. The Morgan fingerprint density at radius 1 is 1.21 bits per heavy atom. The fourth-order valence-corrected chi connectivity index (χ4v) is 2.29. The van der Waals surface area contributed by atoms with Crippen LogP contribution in [0.4, 0.5) is 0 Å². The van der Waals surface area contributed by atoms with Gasteiger partial charge in [0, 0.05) is 18.0 Å². The van der Waals surface area contributed by atoms with E-state index in [1.54, 1.807) is 36.6 Å². The summed E-state index contributed by atoms with van der Waals surface area (Å²) in [6.07, 6.45) is 0. The van der Waals surface area contributed by atoms with Crippen molar-refractivity contribution in [3.63, 3.8) is 0 Å². The van der Waals surface area contributed by atoms with Gasteiger partial charge in [-0.15, -0.1) is 12.4 Å². The molecule has 0 fully saturated rings. The van der Waals surface area contributed by atoms with E-state index in [1.165, 1.54) is 0 Å². The maximum atomic E-state index is 12.1. The van der Waals surface area contributed by atoms with Crippen LogP contribution in [-0.4, -0.2) is 40.7 Å². The zero-order valence-corrected chi connectivity index (χ0v) is 14.8. The number of hydrogen-bond donors (Lipinski definition) is 1. The molecule has 132 valence electrons. The van der Waals surface area contributed by atoms with Crippen LogP contribution in [0.2, 0.25) is 0 Å². The zero-order valence-electron chi connectivity index (χ0n) is 13.9. The molecule has 0 radical (unpaired) electrons. The molecule has 2 aromatic heterocycles. The Hall–Kier alpha value is -2.12. The SMILES string of the molecule is CCOC(=O)c1ccc2cc(C(=O)OCC)n(C[C@H](C)N)c2n1.Cl. The summed E-state index contributed by atoms with van der Waals surface area (Å²) in [7, 11) is 0. The number of halogens is 1. The number of carbonyl (C=O) groups excluding carboxylic acids is 2. The highest BCUT2D eigenvalue weighted by atomic mass is 35.5. The average Bonchev–Trinajstić information content (AvgIpc) is 2.85. The van der Waals surface area contributed by atoms with E-state index in [0.717, 1.165) is 5.39 Å². The standard InChI is InChI=1S/C16H21N3O4.ClH/c1-4-22-15(20)12-7-6-11-8-13(16(21)23-5-2)19(9-10(3)17)14(11)18-12;/h6-8,10H,4-5,9,17H2,1-3H3;1H/t10-;/m0./s1. The van der Waals surface area contributed by atoms with Gasteiger partial charge in [0.25, 0.3) is 0 Å². The number of pyridine rings is 1.